The van der Waals surface area contributed by atoms with Crippen LogP contribution in [0.15, 0.2) is 30.3 Å². The van der Waals surface area contributed by atoms with Crippen LogP contribution in [-0.4, -0.2) is 15.7 Å². The zero-order valence-electron chi connectivity index (χ0n) is 9.57. The molecule has 1 heterocycles. The van der Waals surface area contributed by atoms with Crippen LogP contribution in [0.25, 0.3) is 5.69 Å². The molecule has 0 radical (unpaired) electrons. The number of nitrogens with zero attached hydrogens (tertiary/aromatic N) is 2. The van der Waals surface area contributed by atoms with Crippen LogP contribution in [0.4, 0.5) is 10.2 Å². The number of carbonyl (C=O) groups is 1. The molecule has 2 aromatic rings. The first kappa shape index (κ1) is 11.3. The molecule has 0 atom stereocenters. The molecule has 4 nitrogen and oxygen atoms in total. The Morgan fingerprint density at radius 3 is 2.82 bits per heavy atom. The molecule has 0 spiro atoms. The first-order chi connectivity index (χ1) is 8.06. The number of aryl methyl sites for hydroxylation is 1. The number of anilines is 1. The second-order valence-corrected chi connectivity index (χ2v) is 3.74. The van der Waals surface area contributed by atoms with E-state index >= 15 is 0 Å². The van der Waals surface area contributed by atoms with Crippen molar-refractivity contribution in [2.45, 2.75) is 13.8 Å². The van der Waals surface area contributed by atoms with Crippen LogP contribution in [-0.2, 0) is 4.79 Å². The second kappa shape index (κ2) is 4.37. The van der Waals surface area contributed by atoms with Crippen LogP contribution >= 0.6 is 0 Å². The Balaban J connectivity index is 2.47. The van der Waals surface area contributed by atoms with E-state index in [1.165, 1.54) is 23.7 Å². The fourth-order valence-electron chi connectivity index (χ4n) is 1.57. The molecule has 1 amide bonds. The Morgan fingerprint density at radius 1 is 1.41 bits per heavy atom. The lowest BCUT2D eigenvalue weighted by atomic mass is 10.3. The van der Waals surface area contributed by atoms with E-state index in [-0.39, 0.29) is 11.7 Å². The summed E-state index contributed by atoms with van der Waals surface area (Å²) in [7, 11) is 0. The summed E-state index contributed by atoms with van der Waals surface area (Å²) < 4.78 is 14.6. The Kier molecular flexibility index (Phi) is 2.91. The zero-order valence-corrected chi connectivity index (χ0v) is 9.57. The average Bonchev–Trinajstić information content (AvgIpc) is 2.58. The number of amides is 1. The molecule has 0 fully saturated rings. The van der Waals surface area contributed by atoms with E-state index in [1.54, 1.807) is 25.1 Å². The van der Waals surface area contributed by atoms with E-state index in [0.29, 0.717) is 11.5 Å². The molecule has 0 bridgehead atoms. The minimum atomic E-state index is -0.343. The molecule has 2 rings (SSSR count). The van der Waals surface area contributed by atoms with Gasteiger partial charge >= 0.3 is 0 Å². The predicted molar refractivity (Wildman–Crippen MR) is 62.6 cm³/mol. The summed E-state index contributed by atoms with van der Waals surface area (Å²) in [6, 6.07) is 7.77. The summed E-state index contributed by atoms with van der Waals surface area (Å²) in [5.41, 5.74) is 1.32. The number of hydrogen-bond donors (Lipinski definition) is 1. The van der Waals surface area contributed by atoms with Gasteiger partial charge in [0.2, 0.25) is 5.91 Å². The van der Waals surface area contributed by atoms with Crippen molar-refractivity contribution >= 4 is 11.7 Å². The Bertz CT molecular complexity index is 563. The van der Waals surface area contributed by atoms with Crippen molar-refractivity contribution in [1.82, 2.24) is 9.78 Å². The van der Waals surface area contributed by atoms with Gasteiger partial charge < -0.3 is 5.32 Å². The first-order valence-corrected chi connectivity index (χ1v) is 5.16. The minimum Gasteiger partial charge on any atom is -0.311 e. The van der Waals surface area contributed by atoms with Gasteiger partial charge in [0.15, 0.2) is 0 Å². The van der Waals surface area contributed by atoms with Gasteiger partial charge in [-0.3, -0.25) is 4.79 Å². The highest BCUT2D eigenvalue weighted by Crippen LogP contribution is 2.17. The summed E-state index contributed by atoms with van der Waals surface area (Å²) in [4.78, 5) is 11.0. The molecule has 0 saturated heterocycles. The molecule has 17 heavy (non-hydrogen) atoms. The monoisotopic (exact) mass is 233 g/mol. The third kappa shape index (κ3) is 2.50. The highest BCUT2D eigenvalue weighted by atomic mass is 19.1. The molecule has 5 heteroatoms. The molecule has 1 aromatic carbocycles. The van der Waals surface area contributed by atoms with E-state index in [1.807, 2.05) is 0 Å². The summed E-state index contributed by atoms with van der Waals surface area (Å²) >= 11 is 0. The van der Waals surface area contributed by atoms with Gasteiger partial charge in [0.05, 0.1) is 11.4 Å². The molecule has 0 unspecified atom stereocenters. The van der Waals surface area contributed by atoms with Crippen LogP contribution in [0.5, 0.6) is 0 Å². The fraction of sp³-hybridized carbons (Fsp3) is 0.167. The van der Waals surface area contributed by atoms with Crippen molar-refractivity contribution in [1.29, 1.82) is 0 Å². The highest BCUT2D eigenvalue weighted by molar-refractivity contribution is 5.88. The van der Waals surface area contributed by atoms with Gasteiger partial charge in [0, 0.05) is 13.0 Å². The van der Waals surface area contributed by atoms with Gasteiger partial charge in [0.25, 0.3) is 0 Å². The maximum absolute atomic E-state index is 13.1. The van der Waals surface area contributed by atoms with Crippen molar-refractivity contribution in [3.8, 4) is 5.69 Å². The van der Waals surface area contributed by atoms with E-state index in [9.17, 15) is 9.18 Å². The predicted octanol–water partition coefficient (Wildman–Crippen LogP) is 2.28. The molecule has 1 aromatic heterocycles. The van der Waals surface area contributed by atoms with Crippen LogP contribution in [0.3, 0.4) is 0 Å². The van der Waals surface area contributed by atoms with Crippen LogP contribution in [0, 0.1) is 12.7 Å². The Hall–Kier alpha value is -2.17. The molecule has 0 saturated carbocycles. The summed E-state index contributed by atoms with van der Waals surface area (Å²) in [5.74, 6) is -0.00687. The number of halogens is 1. The molecule has 0 aliphatic carbocycles. The topological polar surface area (TPSA) is 46.9 Å². The third-order valence-electron chi connectivity index (χ3n) is 2.19. The molecule has 88 valence electrons. The molecule has 0 aliphatic heterocycles. The van der Waals surface area contributed by atoms with E-state index in [2.05, 4.69) is 10.4 Å². The Labute approximate surface area is 98.1 Å². The van der Waals surface area contributed by atoms with Gasteiger partial charge in [0.1, 0.15) is 11.6 Å². The smallest absolute Gasteiger partial charge is 0.222 e. The lowest BCUT2D eigenvalue weighted by Crippen LogP contribution is -2.11. The largest absolute Gasteiger partial charge is 0.311 e. The van der Waals surface area contributed by atoms with Crippen molar-refractivity contribution in [2.75, 3.05) is 5.32 Å². The fourth-order valence-corrected chi connectivity index (χ4v) is 1.57. The van der Waals surface area contributed by atoms with Gasteiger partial charge in [-0.1, -0.05) is 6.07 Å². The second-order valence-electron chi connectivity index (χ2n) is 3.74. The van der Waals surface area contributed by atoms with Crippen LogP contribution in [0.1, 0.15) is 12.6 Å². The van der Waals surface area contributed by atoms with Gasteiger partial charge in [-0.15, -0.1) is 0 Å². The third-order valence-corrected chi connectivity index (χ3v) is 2.19. The van der Waals surface area contributed by atoms with Crippen molar-refractivity contribution in [2.24, 2.45) is 0 Å². The van der Waals surface area contributed by atoms with Crippen molar-refractivity contribution in [3.63, 3.8) is 0 Å². The number of carbonyl (C=O) groups excluding carboxylic acids is 1. The summed E-state index contributed by atoms with van der Waals surface area (Å²) in [6.45, 7) is 3.22. The van der Waals surface area contributed by atoms with E-state index < -0.39 is 0 Å². The minimum absolute atomic E-state index is 0.192. The van der Waals surface area contributed by atoms with Crippen molar-refractivity contribution < 1.29 is 9.18 Å². The SMILES string of the molecule is CC(=O)Nc1cc(C)nn1-c1cccc(F)c1. The van der Waals surface area contributed by atoms with Crippen LogP contribution < -0.4 is 5.32 Å². The van der Waals surface area contributed by atoms with Crippen molar-refractivity contribution in [3.05, 3.63) is 41.8 Å². The van der Waals surface area contributed by atoms with Gasteiger partial charge in [-0.05, 0) is 25.1 Å². The molecular weight excluding hydrogens is 221 g/mol. The molecular formula is C12H12FN3O. The zero-order chi connectivity index (χ0) is 12.4. The molecule has 0 aliphatic rings. The van der Waals surface area contributed by atoms with E-state index in [0.717, 1.165) is 5.69 Å². The van der Waals surface area contributed by atoms with Gasteiger partial charge in [-0.2, -0.15) is 5.10 Å². The Morgan fingerprint density at radius 2 is 2.18 bits per heavy atom. The lowest BCUT2D eigenvalue weighted by molar-refractivity contribution is -0.114. The highest BCUT2D eigenvalue weighted by Gasteiger charge is 2.09. The number of benzene rings is 1. The first-order valence-electron chi connectivity index (χ1n) is 5.16. The number of hydrogen-bond acceptors (Lipinski definition) is 2. The number of aromatic nitrogens is 2. The van der Waals surface area contributed by atoms with E-state index in [4.69, 9.17) is 0 Å². The molecule has 1 N–H and O–H groups in total. The maximum Gasteiger partial charge on any atom is 0.222 e. The van der Waals surface area contributed by atoms with Crippen LogP contribution in [0.2, 0.25) is 0 Å². The number of rotatable bonds is 2. The quantitative estimate of drug-likeness (QED) is 0.865. The van der Waals surface area contributed by atoms with Gasteiger partial charge in [-0.25, -0.2) is 9.07 Å². The average molecular weight is 233 g/mol. The normalized spacial score (nSPS) is 10.3. The maximum atomic E-state index is 13.1. The summed E-state index contributed by atoms with van der Waals surface area (Å²) in [6.07, 6.45) is 0. The number of nitrogens with one attached hydrogen (secondary N) is 1. The standard InChI is InChI=1S/C12H12FN3O/c1-8-6-12(14-9(2)17)16(15-8)11-5-3-4-10(13)7-11/h3-7H,1-2H3,(H,14,17). The lowest BCUT2D eigenvalue weighted by Gasteiger charge is -2.07. The summed E-state index contributed by atoms with van der Waals surface area (Å²) in [5, 5.41) is 6.86.